The van der Waals surface area contributed by atoms with Crippen LogP contribution in [0.4, 0.5) is 0 Å². The molecule has 118 valence electrons. The number of hydrogen-bond donors (Lipinski definition) is 1. The van der Waals surface area contributed by atoms with Crippen LogP contribution in [-0.2, 0) is 16.6 Å². The molecule has 1 aliphatic rings. The van der Waals surface area contributed by atoms with Crippen molar-refractivity contribution >= 4 is 21.6 Å². The molecule has 1 N–H and O–H groups in total. The molecule has 6 heteroatoms. The van der Waals surface area contributed by atoms with E-state index in [1.165, 1.54) is 4.31 Å². The maximum Gasteiger partial charge on any atom is 0.242 e. The molecule has 0 heterocycles. The summed E-state index contributed by atoms with van der Waals surface area (Å²) in [4.78, 5) is 0.268. The predicted molar refractivity (Wildman–Crippen MR) is 86.0 cm³/mol. The molecule has 1 aromatic carbocycles. The third-order valence-electron chi connectivity index (χ3n) is 3.65. The maximum absolute atomic E-state index is 12.5. The van der Waals surface area contributed by atoms with Crippen LogP contribution >= 0.6 is 11.6 Å². The Labute approximate surface area is 132 Å². The van der Waals surface area contributed by atoms with Crippen LogP contribution in [0.15, 0.2) is 23.1 Å². The van der Waals surface area contributed by atoms with Crippen LogP contribution in [0.5, 0.6) is 0 Å². The molecule has 0 radical (unpaired) electrons. The summed E-state index contributed by atoms with van der Waals surface area (Å²) >= 11 is 6.22. The lowest BCUT2D eigenvalue weighted by molar-refractivity contribution is 0.453. The summed E-state index contributed by atoms with van der Waals surface area (Å²) in [5.74, 6) is 0.523. The Balaban J connectivity index is 2.14. The van der Waals surface area contributed by atoms with Gasteiger partial charge in [-0.15, -0.1) is 0 Å². The second-order valence-electron chi connectivity index (χ2n) is 6.02. The van der Waals surface area contributed by atoms with Gasteiger partial charge in [-0.3, -0.25) is 0 Å². The Hall–Kier alpha value is -0.620. The van der Waals surface area contributed by atoms with Crippen molar-refractivity contribution in [3.05, 3.63) is 28.8 Å². The van der Waals surface area contributed by atoms with E-state index >= 15 is 0 Å². The molecular formula is C15H23ClN2O2S. The van der Waals surface area contributed by atoms with Gasteiger partial charge in [0.15, 0.2) is 0 Å². The van der Waals surface area contributed by atoms with Crippen molar-refractivity contribution in [2.24, 2.45) is 5.92 Å². The van der Waals surface area contributed by atoms with Crippen LogP contribution in [0.1, 0.15) is 32.3 Å². The van der Waals surface area contributed by atoms with E-state index in [-0.39, 0.29) is 4.90 Å². The van der Waals surface area contributed by atoms with E-state index < -0.39 is 10.0 Å². The Kier molecular flexibility index (Phi) is 5.30. The number of hydrogen-bond acceptors (Lipinski definition) is 3. The van der Waals surface area contributed by atoms with Gasteiger partial charge in [0, 0.05) is 31.2 Å². The van der Waals surface area contributed by atoms with Gasteiger partial charge in [0.1, 0.15) is 0 Å². The summed E-state index contributed by atoms with van der Waals surface area (Å²) in [6.45, 7) is 5.34. The highest BCUT2D eigenvalue weighted by Crippen LogP contribution is 2.31. The van der Waals surface area contributed by atoms with E-state index in [2.05, 4.69) is 19.2 Å². The molecule has 0 bridgehead atoms. The van der Waals surface area contributed by atoms with Gasteiger partial charge in [0.25, 0.3) is 0 Å². The van der Waals surface area contributed by atoms with Gasteiger partial charge in [-0.1, -0.05) is 31.5 Å². The fraction of sp³-hybridized carbons (Fsp3) is 0.600. The second kappa shape index (κ2) is 6.65. The third kappa shape index (κ3) is 4.42. The molecule has 4 nitrogen and oxygen atoms in total. The highest BCUT2D eigenvalue weighted by molar-refractivity contribution is 7.89. The number of rotatable bonds is 7. The highest BCUT2D eigenvalue weighted by Gasteiger charge is 2.29. The minimum absolute atomic E-state index is 0.268. The lowest BCUT2D eigenvalue weighted by atomic mass is 10.2. The molecule has 0 aromatic heterocycles. The Bertz CT molecular complexity index is 598. The van der Waals surface area contributed by atoms with Crippen LogP contribution in [0.25, 0.3) is 0 Å². The van der Waals surface area contributed by atoms with E-state index in [1.807, 2.05) is 0 Å². The molecule has 1 aromatic rings. The monoisotopic (exact) mass is 330 g/mol. The number of nitrogens with one attached hydrogen (secondary N) is 1. The van der Waals surface area contributed by atoms with Gasteiger partial charge < -0.3 is 5.32 Å². The van der Waals surface area contributed by atoms with Crippen molar-refractivity contribution in [2.75, 3.05) is 13.6 Å². The average molecular weight is 331 g/mol. The first-order valence-corrected chi connectivity index (χ1v) is 9.10. The van der Waals surface area contributed by atoms with Crippen molar-refractivity contribution in [1.82, 2.24) is 9.62 Å². The molecule has 0 saturated heterocycles. The SMILES string of the molecule is CC(C)NCc1ccc(S(=O)(=O)N(C)CC2CC2)cc1Cl. The van der Waals surface area contributed by atoms with Crippen LogP contribution in [0.2, 0.25) is 5.02 Å². The molecule has 1 saturated carbocycles. The Morgan fingerprint density at radius 2 is 2.05 bits per heavy atom. The average Bonchev–Trinajstić information content (AvgIpc) is 3.20. The zero-order valence-corrected chi connectivity index (χ0v) is 14.3. The topological polar surface area (TPSA) is 49.4 Å². The van der Waals surface area contributed by atoms with Crippen molar-refractivity contribution in [1.29, 1.82) is 0 Å². The van der Waals surface area contributed by atoms with Crippen LogP contribution in [0, 0.1) is 5.92 Å². The summed E-state index contributed by atoms with van der Waals surface area (Å²) < 4.78 is 26.4. The zero-order chi connectivity index (χ0) is 15.6. The van der Waals surface area contributed by atoms with Gasteiger partial charge in [0.2, 0.25) is 10.0 Å². The third-order valence-corrected chi connectivity index (χ3v) is 5.82. The van der Waals surface area contributed by atoms with Crippen molar-refractivity contribution < 1.29 is 8.42 Å². The first kappa shape index (κ1) is 16.7. The quantitative estimate of drug-likeness (QED) is 0.836. The first-order chi connectivity index (χ1) is 9.80. The molecule has 21 heavy (non-hydrogen) atoms. The zero-order valence-electron chi connectivity index (χ0n) is 12.8. The van der Waals surface area contributed by atoms with E-state index in [0.29, 0.717) is 30.1 Å². The fourth-order valence-corrected chi connectivity index (χ4v) is 3.67. The number of halogens is 1. The molecular weight excluding hydrogens is 308 g/mol. The minimum atomic E-state index is -3.44. The molecule has 1 fully saturated rings. The number of sulfonamides is 1. The molecule has 0 atom stereocenters. The highest BCUT2D eigenvalue weighted by atomic mass is 35.5. The summed E-state index contributed by atoms with van der Waals surface area (Å²) in [6.07, 6.45) is 2.25. The van der Waals surface area contributed by atoms with E-state index in [4.69, 9.17) is 11.6 Å². The Morgan fingerprint density at radius 1 is 1.38 bits per heavy atom. The number of benzene rings is 1. The van der Waals surface area contributed by atoms with Gasteiger partial charge in [0.05, 0.1) is 4.90 Å². The summed E-state index contributed by atoms with van der Waals surface area (Å²) in [5.41, 5.74) is 0.911. The maximum atomic E-state index is 12.5. The second-order valence-corrected chi connectivity index (χ2v) is 8.47. The lowest BCUT2D eigenvalue weighted by Gasteiger charge is -2.18. The summed E-state index contributed by atoms with van der Waals surface area (Å²) in [6, 6.07) is 5.34. The number of nitrogens with zero attached hydrogens (tertiary/aromatic N) is 1. The first-order valence-electron chi connectivity index (χ1n) is 7.29. The molecule has 0 spiro atoms. The van der Waals surface area contributed by atoms with Gasteiger partial charge in [-0.05, 0) is 36.5 Å². The molecule has 2 rings (SSSR count). The van der Waals surface area contributed by atoms with E-state index in [9.17, 15) is 8.42 Å². The largest absolute Gasteiger partial charge is 0.310 e. The minimum Gasteiger partial charge on any atom is -0.310 e. The van der Waals surface area contributed by atoms with Crippen molar-refractivity contribution in [3.63, 3.8) is 0 Å². The van der Waals surface area contributed by atoms with Crippen LogP contribution < -0.4 is 5.32 Å². The standard InChI is InChI=1S/C15H23ClN2O2S/c1-11(2)17-9-13-6-7-14(8-15(13)16)21(19,20)18(3)10-12-4-5-12/h6-8,11-12,17H,4-5,9-10H2,1-3H3. The van der Waals surface area contributed by atoms with Crippen LogP contribution in [0.3, 0.4) is 0 Å². The summed E-state index contributed by atoms with van der Waals surface area (Å²) in [5, 5.41) is 3.76. The predicted octanol–water partition coefficient (Wildman–Crippen LogP) is 2.87. The fourth-order valence-electron chi connectivity index (χ4n) is 2.09. The molecule has 0 unspecified atom stereocenters. The van der Waals surface area contributed by atoms with Crippen molar-refractivity contribution in [2.45, 2.75) is 44.2 Å². The lowest BCUT2D eigenvalue weighted by Crippen LogP contribution is -2.29. The van der Waals surface area contributed by atoms with Gasteiger partial charge >= 0.3 is 0 Å². The van der Waals surface area contributed by atoms with Crippen molar-refractivity contribution in [3.8, 4) is 0 Å². The van der Waals surface area contributed by atoms with Gasteiger partial charge in [-0.25, -0.2) is 12.7 Å². The molecule has 0 amide bonds. The molecule has 0 aliphatic heterocycles. The smallest absolute Gasteiger partial charge is 0.242 e. The summed E-state index contributed by atoms with van der Waals surface area (Å²) in [7, 11) is -1.80. The van der Waals surface area contributed by atoms with E-state index in [0.717, 1.165) is 18.4 Å². The van der Waals surface area contributed by atoms with Crippen LogP contribution in [-0.4, -0.2) is 32.4 Å². The normalized spacial score (nSPS) is 15.9. The van der Waals surface area contributed by atoms with Gasteiger partial charge in [-0.2, -0.15) is 0 Å². The van der Waals surface area contributed by atoms with E-state index in [1.54, 1.807) is 25.2 Å². The Morgan fingerprint density at radius 3 is 2.57 bits per heavy atom. The molecule has 1 aliphatic carbocycles.